The van der Waals surface area contributed by atoms with Gasteiger partial charge in [-0.3, -0.25) is 9.63 Å². The van der Waals surface area contributed by atoms with Gasteiger partial charge in [0.1, 0.15) is 6.04 Å². The minimum atomic E-state index is -0.291. The predicted molar refractivity (Wildman–Crippen MR) is 71.8 cm³/mol. The second kappa shape index (κ2) is 7.84. The van der Waals surface area contributed by atoms with E-state index in [1.54, 1.807) is 12.1 Å². The Balaban J connectivity index is 2.35. The normalized spacial score (nSPS) is 12.4. The van der Waals surface area contributed by atoms with Crippen molar-refractivity contribution in [1.29, 1.82) is 0 Å². The standard InChI is InChI=1S/C14H22N2O2/c1-4-10-15-14(17)12(2)16(3)18-11-13-8-6-5-7-9-13/h5-9,12H,4,10-11H2,1-3H3,(H,15,17)/t12-/m0/s1. The van der Waals surface area contributed by atoms with Crippen molar-refractivity contribution in [2.75, 3.05) is 13.6 Å². The van der Waals surface area contributed by atoms with Gasteiger partial charge in [0.15, 0.2) is 0 Å². The molecule has 1 rings (SSSR count). The number of hydroxylamine groups is 2. The molecule has 0 aliphatic rings. The van der Waals surface area contributed by atoms with Crippen LogP contribution in [0.15, 0.2) is 30.3 Å². The molecule has 0 saturated heterocycles. The van der Waals surface area contributed by atoms with Crippen LogP contribution in [0.1, 0.15) is 25.8 Å². The number of likely N-dealkylation sites (N-methyl/N-ethyl adjacent to an activating group) is 1. The third-order valence-corrected chi connectivity index (χ3v) is 2.75. The number of carbonyl (C=O) groups is 1. The van der Waals surface area contributed by atoms with Crippen LogP contribution in [-0.2, 0) is 16.2 Å². The minimum Gasteiger partial charge on any atom is -0.355 e. The van der Waals surface area contributed by atoms with Crippen molar-refractivity contribution in [1.82, 2.24) is 10.4 Å². The molecule has 1 atom stereocenters. The summed E-state index contributed by atoms with van der Waals surface area (Å²) in [7, 11) is 1.78. The lowest BCUT2D eigenvalue weighted by atomic mass is 10.2. The number of benzene rings is 1. The van der Waals surface area contributed by atoms with Gasteiger partial charge < -0.3 is 5.32 Å². The summed E-state index contributed by atoms with van der Waals surface area (Å²) in [5.74, 6) is -0.00703. The van der Waals surface area contributed by atoms with Gasteiger partial charge in [0, 0.05) is 13.6 Å². The number of nitrogens with zero attached hydrogens (tertiary/aromatic N) is 1. The maximum absolute atomic E-state index is 11.7. The molecule has 0 unspecified atom stereocenters. The Hall–Kier alpha value is -1.39. The van der Waals surface area contributed by atoms with Crippen LogP contribution >= 0.6 is 0 Å². The van der Waals surface area contributed by atoms with E-state index in [2.05, 4.69) is 5.32 Å². The topological polar surface area (TPSA) is 41.6 Å². The van der Waals surface area contributed by atoms with Crippen molar-refractivity contribution in [2.24, 2.45) is 0 Å². The molecule has 1 amide bonds. The van der Waals surface area contributed by atoms with Gasteiger partial charge in [-0.15, -0.1) is 0 Å². The Labute approximate surface area is 109 Å². The van der Waals surface area contributed by atoms with Gasteiger partial charge >= 0.3 is 0 Å². The van der Waals surface area contributed by atoms with Crippen molar-refractivity contribution in [3.8, 4) is 0 Å². The average Bonchev–Trinajstić information content (AvgIpc) is 2.42. The molecule has 0 spiro atoms. The Kier molecular flexibility index (Phi) is 6.39. The summed E-state index contributed by atoms with van der Waals surface area (Å²) in [4.78, 5) is 17.3. The zero-order chi connectivity index (χ0) is 13.4. The maximum Gasteiger partial charge on any atom is 0.239 e. The lowest BCUT2D eigenvalue weighted by molar-refractivity contribution is -0.181. The van der Waals surface area contributed by atoms with Gasteiger partial charge in [-0.1, -0.05) is 37.3 Å². The number of amides is 1. The van der Waals surface area contributed by atoms with E-state index in [1.165, 1.54) is 0 Å². The summed E-state index contributed by atoms with van der Waals surface area (Å²) in [6.07, 6.45) is 0.938. The molecule has 0 heterocycles. The Morgan fingerprint density at radius 1 is 1.39 bits per heavy atom. The smallest absolute Gasteiger partial charge is 0.239 e. The molecule has 1 aromatic rings. The summed E-state index contributed by atoms with van der Waals surface area (Å²) in [6.45, 7) is 5.04. The molecule has 0 aliphatic heterocycles. The second-order valence-corrected chi connectivity index (χ2v) is 4.27. The van der Waals surface area contributed by atoms with Crippen molar-refractivity contribution in [2.45, 2.75) is 32.9 Å². The zero-order valence-corrected chi connectivity index (χ0v) is 11.3. The Morgan fingerprint density at radius 3 is 2.67 bits per heavy atom. The molecule has 1 aromatic carbocycles. The first-order chi connectivity index (χ1) is 8.65. The summed E-state index contributed by atoms with van der Waals surface area (Å²) in [5, 5.41) is 4.45. The first-order valence-corrected chi connectivity index (χ1v) is 6.32. The number of hydrogen-bond acceptors (Lipinski definition) is 3. The molecule has 100 valence electrons. The van der Waals surface area contributed by atoms with Crippen molar-refractivity contribution in [3.63, 3.8) is 0 Å². The molecule has 4 heteroatoms. The monoisotopic (exact) mass is 250 g/mol. The number of rotatable bonds is 7. The van der Waals surface area contributed by atoms with E-state index in [0.29, 0.717) is 13.2 Å². The Bertz CT molecular complexity index is 354. The highest BCUT2D eigenvalue weighted by atomic mass is 16.7. The summed E-state index contributed by atoms with van der Waals surface area (Å²) >= 11 is 0. The summed E-state index contributed by atoms with van der Waals surface area (Å²) in [6, 6.07) is 9.60. The molecule has 0 saturated carbocycles. The van der Waals surface area contributed by atoms with E-state index in [9.17, 15) is 4.79 Å². The van der Waals surface area contributed by atoms with E-state index in [4.69, 9.17) is 4.84 Å². The zero-order valence-electron chi connectivity index (χ0n) is 11.3. The molecular formula is C14H22N2O2. The average molecular weight is 250 g/mol. The molecule has 0 bridgehead atoms. The van der Waals surface area contributed by atoms with Crippen LogP contribution in [0.3, 0.4) is 0 Å². The second-order valence-electron chi connectivity index (χ2n) is 4.27. The fourth-order valence-electron chi connectivity index (χ4n) is 1.42. The number of hydrogen-bond donors (Lipinski definition) is 1. The van der Waals surface area contributed by atoms with Crippen molar-refractivity contribution >= 4 is 5.91 Å². The van der Waals surface area contributed by atoms with Gasteiger partial charge in [0.25, 0.3) is 0 Å². The van der Waals surface area contributed by atoms with Gasteiger partial charge in [-0.25, -0.2) is 0 Å². The third-order valence-electron chi connectivity index (χ3n) is 2.75. The lowest BCUT2D eigenvalue weighted by Gasteiger charge is -2.23. The fourth-order valence-corrected chi connectivity index (χ4v) is 1.42. The molecule has 0 radical (unpaired) electrons. The van der Waals surface area contributed by atoms with Gasteiger partial charge in [0.2, 0.25) is 5.91 Å². The SMILES string of the molecule is CCCNC(=O)[C@H](C)N(C)OCc1ccccc1. The largest absolute Gasteiger partial charge is 0.355 e. The van der Waals surface area contributed by atoms with Crippen LogP contribution in [0, 0.1) is 0 Å². The third kappa shape index (κ3) is 4.85. The highest BCUT2D eigenvalue weighted by Crippen LogP contribution is 2.04. The molecular weight excluding hydrogens is 228 g/mol. The van der Waals surface area contributed by atoms with E-state index >= 15 is 0 Å². The van der Waals surface area contributed by atoms with Crippen LogP contribution in [0.5, 0.6) is 0 Å². The molecule has 18 heavy (non-hydrogen) atoms. The maximum atomic E-state index is 11.7. The van der Waals surface area contributed by atoms with E-state index in [-0.39, 0.29) is 11.9 Å². The molecule has 0 aliphatic carbocycles. The number of carbonyl (C=O) groups excluding carboxylic acids is 1. The number of nitrogens with one attached hydrogen (secondary N) is 1. The van der Waals surface area contributed by atoms with Gasteiger partial charge in [-0.05, 0) is 18.9 Å². The van der Waals surface area contributed by atoms with Gasteiger partial charge in [-0.2, -0.15) is 5.06 Å². The summed E-state index contributed by atoms with van der Waals surface area (Å²) in [5.41, 5.74) is 1.09. The van der Waals surface area contributed by atoms with E-state index < -0.39 is 0 Å². The fraction of sp³-hybridized carbons (Fsp3) is 0.500. The van der Waals surface area contributed by atoms with Crippen LogP contribution < -0.4 is 5.32 Å². The molecule has 0 fully saturated rings. The van der Waals surface area contributed by atoms with Crippen LogP contribution in [-0.4, -0.2) is 30.6 Å². The van der Waals surface area contributed by atoms with Crippen LogP contribution in [0.4, 0.5) is 0 Å². The van der Waals surface area contributed by atoms with Crippen LogP contribution in [0.25, 0.3) is 0 Å². The van der Waals surface area contributed by atoms with Crippen molar-refractivity contribution < 1.29 is 9.63 Å². The predicted octanol–water partition coefficient (Wildman–Crippen LogP) is 1.96. The highest BCUT2D eigenvalue weighted by Gasteiger charge is 2.17. The first kappa shape index (κ1) is 14.7. The Morgan fingerprint density at radius 2 is 2.06 bits per heavy atom. The first-order valence-electron chi connectivity index (χ1n) is 6.32. The summed E-state index contributed by atoms with van der Waals surface area (Å²) < 4.78 is 0. The van der Waals surface area contributed by atoms with E-state index in [0.717, 1.165) is 12.0 Å². The molecule has 4 nitrogen and oxygen atoms in total. The molecule has 0 aromatic heterocycles. The van der Waals surface area contributed by atoms with Crippen LogP contribution in [0.2, 0.25) is 0 Å². The van der Waals surface area contributed by atoms with Gasteiger partial charge in [0.05, 0.1) is 6.61 Å². The highest BCUT2D eigenvalue weighted by molar-refractivity contribution is 5.81. The van der Waals surface area contributed by atoms with Crippen molar-refractivity contribution in [3.05, 3.63) is 35.9 Å². The molecule has 1 N–H and O–H groups in total. The minimum absolute atomic E-state index is 0.00703. The quantitative estimate of drug-likeness (QED) is 0.752. The van der Waals surface area contributed by atoms with E-state index in [1.807, 2.05) is 44.2 Å². The lowest BCUT2D eigenvalue weighted by Crippen LogP contribution is -2.43.